The molecule has 0 N–H and O–H groups in total. The van der Waals surface area contributed by atoms with E-state index in [-0.39, 0.29) is 28.3 Å². The van der Waals surface area contributed by atoms with Crippen LogP contribution in [0.5, 0.6) is 0 Å². The lowest BCUT2D eigenvalue weighted by Crippen LogP contribution is -2.56. The summed E-state index contributed by atoms with van der Waals surface area (Å²) < 4.78 is 12.1. The van der Waals surface area contributed by atoms with Crippen LogP contribution in [-0.4, -0.2) is 33.4 Å². The van der Waals surface area contributed by atoms with Gasteiger partial charge in [0.1, 0.15) is 12.9 Å². The Labute approximate surface area is 189 Å². The zero-order chi connectivity index (χ0) is 23.1. The Morgan fingerprint density at radius 3 is 2.55 bits per heavy atom. The van der Waals surface area contributed by atoms with Crippen LogP contribution in [-0.2, 0) is 14.3 Å². The van der Waals surface area contributed by atoms with Crippen LogP contribution in [0.4, 0.5) is 0 Å². The highest BCUT2D eigenvalue weighted by Gasteiger charge is 2.59. The number of ketones is 1. The van der Waals surface area contributed by atoms with E-state index in [0.717, 1.165) is 43.9 Å². The lowest BCUT2D eigenvalue weighted by molar-refractivity contribution is -0.174. The monoisotopic (exact) mass is 439 g/mol. The van der Waals surface area contributed by atoms with Crippen LogP contribution < -0.4 is 0 Å². The zero-order valence-electron chi connectivity index (χ0n) is 20.0. The van der Waals surface area contributed by atoms with Crippen molar-refractivity contribution in [2.75, 3.05) is 13.4 Å². The van der Waals surface area contributed by atoms with Gasteiger partial charge >= 0.3 is 0 Å². The van der Waals surface area contributed by atoms with Crippen LogP contribution >= 0.6 is 0 Å². The molecular formula is C26H37NO3Si. The van der Waals surface area contributed by atoms with Crippen molar-refractivity contribution in [3.63, 3.8) is 0 Å². The molecule has 168 valence electrons. The summed E-state index contributed by atoms with van der Waals surface area (Å²) in [7, 11) is -1.10. The van der Waals surface area contributed by atoms with Crippen molar-refractivity contribution in [3.05, 3.63) is 23.3 Å². The molecule has 2 fully saturated rings. The second-order valence-corrected chi connectivity index (χ2v) is 17.2. The fourth-order valence-electron chi connectivity index (χ4n) is 6.17. The first-order valence-electron chi connectivity index (χ1n) is 11.5. The Bertz CT molecular complexity index is 882. The van der Waals surface area contributed by atoms with E-state index < -0.39 is 13.5 Å². The molecule has 0 aromatic heterocycles. The second-order valence-electron chi connectivity index (χ2n) is 11.6. The van der Waals surface area contributed by atoms with Gasteiger partial charge in [-0.1, -0.05) is 46.3 Å². The molecule has 5 heteroatoms. The van der Waals surface area contributed by atoms with Gasteiger partial charge in [0.2, 0.25) is 0 Å². The molecule has 0 bridgehead atoms. The van der Waals surface area contributed by atoms with Crippen LogP contribution in [0.3, 0.4) is 0 Å². The molecule has 3 rings (SSSR count). The molecular weight excluding hydrogens is 402 g/mol. The first-order chi connectivity index (χ1) is 14.4. The summed E-state index contributed by atoms with van der Waals surface area (Å²) in [6, 6.07) is 3.17. The number of hydrogen-bond donors (Lipinski definition) is 0. The SMILES string of the molecule is C#C[C@]12C=C(C#N)C(=O)C=C1[C@@]1(C)CC[C@H](OCOCC[Si](C)(C)C)C(C)(C)[C@@H]1CC2. The van der Waals surface area contributed by atoms with Crippen molar-refractivity contribution in [1.29, 1.82) is 5.26 Å². The third kappa shape index (κ3) is 4.33. The maximum Gasteiger partial charge on any atom is 0.196 e. The lowest BCUT2D eigenvalue weighted by Gasteiger charge is -2.61. The molecule has 0 radical (unpaired) electrons. The van der Waals surface area contributed by atoms with Gasteiger partial charge in [0.25, 0.3) is 0 Å². The van der Waals surface area contributed by atoms with E-state index in [4.69, 9.17) is 15.9 Å². The normalized spacial score (nSPS) is 34.5. The summed E-state index contributed by atoms with van der Waals surface area (Å²) in [5.41, 5.74) is 0.336. The summed E-state index contributed by atoms with van der Waals surface area (Å²) in [4.78, 5) is 12.6. The highest BCUT2D eigenvalue weighted by Crippen LogP contribution is 2.65. The maximum absolute atomic E-state index is 12.6. The molecule has 0 heterocycles. The van der Waals surface area contributed by atoms with Crippen molar-refractivity contribution < 1.29 is 14.3 Å². The van der Waals surface area contributed by atoms with E-state index in [2.05, 4.69) is 46.3 Å². The van der Waals surface area contributed by atoms with E-state index in [1.807, 2.05) is 6.07 Å². The number of rotatable bonds is 6. The number of ether oxygens (including phenoxy) is 2. The first-order valence-corrected chi connectivity index (χ1v) is 15.2. The predicted octanol–water partition coefficient (Wildman–Crippen LogP) is 5.50. The molecule has 2 saturated carbocycles. The Morgan fingerprint density at radius 2 is 1.94 bits per heavy atom. The highest BCUT2D eigenvalue weighted by atomic mass is 28.3. The van der Waals surface area contributed by atoms with Crippen LogP contribution in [0, 0.1) is 45.8 Å². The number of hydrogen-bond acceptors (Lipinski definition) is 4. The summed E-state index contributed by atoms with van der Waals surface area (Å²) in [5, 5.41) is 9.38. The van der Waals surface area contributed by atoms with Gasteiger partial charge in [-0.05, 0) is 66.2 Å². The van der Waals surface area contributed by atoms with Crippen LogP contribution in [0.25, 0.3) is 0 Å². The molecule has 3 aliphatic rings. The molecule has 3 aliphatic carbocycles. The summed E-state index contributed by atoms with van der Waals surface area (Å²) in [6.07, 6.45) is 13.1. The number of carbonyl (C=O) groups is 1. The maximum atomic E-state index is 12.6. The molecule has 0 aromatic rings. The third-order valence-electron chi connectivity index (χ3n) is 8.00. The van der Waals surface area contributed by atoms with Crippen molar-refractivity contribution >= 4 is 13.9 Å². The molecule has 0 saturated heterocycles. The van der Waals surface area contributed by atoms with Crippen molar-refractivity contribution in [2.45, 2.75) is 78.2 Å². The van der Waals surface area contributed by atoms with Gasteiger partial charge in [0.15, 0.2) is 5.78 Å². The van der Waals surface area contributed by atoms with Gasteiger partial charge in [-0.15, -0.1) is 6.42 Å². The number of allylic oxidation sites excluding steroid dienone is 4. The minimum absolute atomic E-state index is 0.0704. The minimum atomic E-state index is -1.10. The van der Waals surface area contributed by atoms with Crippen LogP contribution in [0.2, 0.25) is 25.7 Å². The average molecular weight is 440 g/mol. The van der Waals surface area contributed by atoms with E-state index >= 15 is 0 Å². The third-order valence-corrected chi connectivity index (χ3v) is 9.71. The number of nitriles is 1. The largest absolute Gasteiger partial charge is 0.356 e. The molecule has 0 unspecified atom stereocenters. The van der Waals surface area contributed by atoms with Gasteiger partial charge in [-0.3, -0.25) is 4.79 Å². The van der Waals surface area contributed by atoms with Crippen LogP contribution in [0.15, 0.2) is 23.3 Å². The van der Waals surface area contributed by atoms with Gasteiger partial charge < -0.3 is 9.47 Å². The Balaban J connectivity index is 1.77. The molecule has 0 amide bonds. The van der Waals surface area contributed by atoms with Crippen LogP contribution in [0.1, 0.15) is 46.5 Å². The number of fused-ring (bicyclic) bond motifs is 3. The lowest BCUT2D eigenvalue weighted by atomic mass is 9.44. The Hall–Kier alpha value is -1.66. The van der Waals surface area contributed by atoms with Gasteiger partial charge in [0.05, 0.1) is 17.1 Å². The summed E-state index contributed by atoms with van der Waals surface area (Å²) in [6.45, 7) is 15.0. The second kappa shape index (κ2) is 8.36. The van der Waals surface area contributed by atoms with Gasteiger partial charge in [0, 0.05) is 14.7 Å². The van der Waals surface area contributed by atoms with Crippen molar-refractivity contribution in [2.24, 2.45) is 22.2 Å². The van der Waals surface area contributed by atoms with E-state index in [1.54, 1.807) is 12.2 Å². The van der Waals surface area contributed by atoms with Gasteiger partial charge in [-0.2, -0.15) is 5.26 Å². The molecule has 0 aromatic carbocycles. The predicted molar refractivity (Wildman–Crippen MR) is 126 cm³/mol. The number of carbonyl (C=O) groups excluding carboxylic acids is 1. The average Bonchev–Trinajstić information content (AvgIpc) is 2.68. The Morgan fingerprint density at radius 1 is 1.23 bits per heavy atom. The summed E-state index contributed by atoms with van der Waals surface area (Å²) in [5.74, 6) is 3.10. The molecule has 4 nitrogen and oxygen atoms in total. The molecule has 0 aliphatic heterocycles. The van der Waals surface area contributed by atoms with Gasteiger partial charge in [-0.25, -0.2) is 0 Å². The fourth-order valence-corrected chi connectivity index (χ4v) is 6.92. The quantitative estimate of drug-likeness (QED) is 0.237. The van der Waals surface area contributed by atoms with Crippen molar-refractivity contribution in [3.8, 4) is 18.4 Å². The topological polar surface area (TPSA) is 59.3 Å². The first kappa shape index (κ1) is 24.0. The Kier molecular flexibility index (Phi) is 6.47. The van der Waals surface area contributed by atoms with E-state index in [0.29, 0.717) is 12.7 Å². The summed E-state index contributed by atoms with van der Waals surface area (Å²) >= 11 is 0. The number of terminal acetylenes is 1. The minimum Gasteiger partial charge on any atom is -0.356 e. The smallest absolute Gasteiger partial charge is 0.196 e. The highest BCUT2D eigenvalue weighted by molar-refractivity contribution is 6.76. The fraction of sp³-hybridized carbons (Fsp3) is 0.692. The molecule has 0 spiro atoms. The molecule has 31 heavy (non-hydrogen) atoms. The van der Waals surface area contributed by atoms with Crippen molar-refractivity contribution in [1.82, 2.24) is 0 Å². The standard InChI is InChI=1S/C26H37NO3Si/c1-8-26-12-9-21-24(2,3)23(30-18-29-13-14-31(5,6)7)10-11-25(21,4)22(26)15-20(28)19(16-26)17-27/h1,15-16,21,23H,9-14,18H2,2-7H3/t21-,23-,25-,26-/m0/s1. The van der Waals surface area contributed by atoms with E-state index in [9.17, 15) is 10.1 Å². The van der Waals surface area contributed by atoms with E-state index in [1.165, 1.54) is 0 Å². The zero-order valence-corrected chi connectivity index (χ0v) is 21.0. The molecule has 4 atom stereocenters. The number of nitrogens with zero attached hydrogens (tertiary/aromatic N) is 1.